The van der Waals surface area contributed by atoms with Gasteiger partial charge >= 0.3 is 0 Å². The number of pyridine rings is 1. The zero-order valence-corrected chi connectivity index (χ0v) is 9.10. The molecule has 2 rings (SSSR count). The Bertz CT molecular complexity index is 611. The summed E-state index contributed by atoms with van der Waals surface area (Å²) in [5.41, 5.74) is 1.58. The highest BCUT2D eigenvalue weighted by Gasteiger charge is 2.07. The van der Waals surface area contributed by atoms with Crippen molar-refractivity contribution in [2.75, 3.05) is 0 Å². The largest absolute Gasteiger partial charge is 0.508 e. The van der Waals surface area contributed by atoms with Crippen molar-refractivity contribution in [2.45, 2.75) is 6.42 Å². The number of fused-ring (bicyclic) bond motifs is 1. The van der Waals surface area contributed by atoms with Crippen molar-refractivity contribution < 1.29 is 5.11 Å². The van der Waals surface area contributed by atoms with E-state index in [-0.39, 0.29) is 11.3 Å². The molecule has 3 heteroatoms. The van der Waals surface area contributed by atoms with Crippen LogP contribution in [0.4, 0.5) is 0 Å². The quantitative estimate of drug-likeness (QED) is 0.778. The Labute approximate surface area is 93.3 Å². The Morgan fingerprint density at radius 1 is 1.38 bits per heavy atom. The van der Waals surface area contributed by atoms with E-state index in [9.17, 15) is 9.90 Å². The molecule has 0 amide bonds. The zero-order chi connectivity index (χ0) is 11.7. The molecule has 16 heavy (non-hydrogen) atoms. The molecule has 1 N–H and O–H groups in total. The van der Waals surface area contributed by atoms with E-state index >= 15 is 0 Å². The minimum absolute atomic E-state index is 0.0530. The Morgan fingerprint density at radius 2 is 2.12 bits per heavy atom. The van der Waals surface area contributed by atoms with Crippen LogP contribution in [-0.2, 0) is 13.5 Å². The molecule has 3 nitrogen and oxygen atoms in total. The van der Waals surface area contributed by atoms with Gasteiger partial charge in [0.1, 0.15) is 5.75 Å². The molecule has 0 aliphatic rings. The van der Waals surface area contributed by atoms with E-state index in [1.165, 1.54) is 6.07 Å². The molecule has 0 unspecified atom stereocenters. The third kappa shape index (κ3) is 1.50. The Kier molecular flexibility index (Phi) is 2.52. The summed E-state index contributed by atoms with van der Waals surface area (Å²) in [5.74, 6) is 0.242. The van der Waals surface area contributed by atoms with Crippen LogP contribution < -0.4 is 5.56 Å². The molecule has 0 radical (unpaired) electrons. The normalized spacial score (nSPS) is 10.6. The Hall–Kier alpha value is -2.03. The zero-order valence-electron chi connectivity index (χ0n) is 9.10. The molecule has 1 heterocycles. The van der Waals surface area contributed by atoms with Crippen molar-refractivity contribution in [1.29, 1.82) is 0 Å². The standard InChI is InChI=1S/C13H13NO2/c1-3-4-10-9-5-8-13(16)14(2)11(9)6-7-12(10)15/h3,5-8,15H,1,4H2,2H3. The van der Waals surface area contributed by atoms with E-state index in [1.54, 1.807) is 35.9 Å². The van der Waals surface area contributed by atoms with Gasteiger partial charge < -0.3 is 9.67 Å². The minimum atomic E-state index is -0.0530. The predicted octanol–water partition coefficient (Wildman–Crippen LogP) is 1.97. The highest BCUT2D eigenvalue weighted by atomic mass is 16.3. The average molecular weight is 215 g/mol. The molecule has 0 spiro atoms. The lowest BCUT2D eigenvalue weighted by atomic mass is 10.0. The van der Waals surface area contributed by atoms with Gasteiger partial charge in [-0.1, -0.05) is 6.08 Å². The van der Waals surface area contributed by atoms with Crippen LogP contribution >= 0.6 is 0 Å². The van der Waals surface area contributed by atoms with Gasteiger partial charge in [-0.25, -0.2) is 0 Å². The van der Waals surface area contributed by atoms with Gasteiger partial charge in [0.2, 0.25) is 0 Å². The SMILES string of the molecule is C=CCc1c(O)ccc2c1ccc(=O)n2C. The van der Waals surface area contributed by atoms with Crippen LogP contribution in [0.3, 0.4) is 0 Å². The van der Waals surface area contributed by atoms with Gasteiger partial charge in [-0.15, -0.1) is 6.58 Å². The van der Waals surface area contributed by atoms with Crippen LogP contribution in [0.25, 0.3) is 10.9 Å². The molecule has 1 aromatic heterocycles. The lowest BCUT2D eigenvalue weighted by molar-refractivity contribution is 0.471. The second-order valence-corrected chi connectivity index (χ2v) is 3.72. The van der Waals surface area contributed by atoms with E-state index in [4.69, 9.17) is 0 Å². The van der Waals surface area contributed by atoms with Gasteiger partial charge in [-0.2, -0.15) is 0 Å². The number of aromatic nitrogens is 1. The third-order valence-electron chi connectivity index (χ3n) is 2.74. The topological polar surface area (TPSA) is 42.2 Å². The Balaban J connectivity index is 2.89. The molecule has 0 saturated carbocycles. The summed E-state index contributed by atoms with van der Waals surface area (Å²) in [6.07, 6.45) is 2.32. The Morgan fingerprint density at radius 3 is 2.81 bits per heavy atom. The molecular formula is C13H13NO2. The molecule has 1 aromatic carbocycles. The number of nitrogens with zero attached hydrogens (tertiary/aromatic N) is 1. The molecule has 2 aromatic rings. The van der Waals surface area contributed by atoms with Gasteiger partial charge in [0.25, 0.3) is 5.56 Å². The van der Waals surface area contributed by atoms with Gasteiger partial charge in [0, 0.05) is 24.1 Å². The molecule has 0 bridgehead atoms. The van der Waals surface area contributed by atoms with Crippen LogP contribution in [0.2, 0.25) is 0 Å². The molecule has 0 aliphatic carbocycles. The third-order valence-corrected chi connectivity index (χ3v) is 2.74. The van der Waals surface area contributed by atoms with E-state index in [0.29, 0.717) is 6.42 Å². The number of hydrogen-bond donors (Lipinski definition) is 1. The summed E-state index contributed by atoms with van der Waals surface area (Å²) in [5, 5.41) is 10.7. The summed E-state index contributed by atoms with van der Waals surface area (Å²) in [6.45, 7) is 3.66. The second kappa shape index (κ2) is 3.85. The first-order chi connectivity index (χ1) is 7.65. The number of benzene rings is 1. The second-order valence-electron chi connectivity index (χ2n) is 3.72. The highest BCUT2D eigenvalue weighted by Crippen LogP contribution is 2.26. The van der Waals surface area contributed by atoms with Crippen LogP contribution in [0, 0.1) is 0 Å². The van der Waals surface area contributed by atoms with Crippen molar-refractivity contribution in [3.8, 4) is 5.75 Å². The summed E-state index contributed by atoms with van der Waals surface area (Å²) >= 11 is 0. The molecule has 0 fully saturated rings. The van der Waals surface area contributed by atoms with E-state index < -0.39 is 0 Å². The predicted molar refractivity (Wildman–Crippen MR) is 64.8 cm³/mol. The lowest BCUT2D eigenvalue weighted by Crippen LogP contribution is -2.15. The number of hydrogen-bond acceptors (Lipinski definition) is 2. The van der Waals surface area contributed by atoms with Gasteiger partial charge in [-0.05, 0) is 24.6 Å². The monoisotopic (exact) mass is 215 g/mol. The van der Waals surface area contributed by atoms with Crippen molar-refractivity contribution in [2.24, 2.45) is 7.05 Å². The van der Waals surface area contributed by atoms with Gasteiger partial charge in [-0.3, -0.25) is 4.79 Å². The number of rotatable bonds is 2. The van der Waals surface area contributed by atoms with Crippen LogP contribution in [-0.4, -0.2) is 9.67 Å². The summed E-state index contributed by atoms with van der Waals surface area (Å²) in [7, 11) is 1.72. The summed E-state index contributed by atoms with van der Waals surface area (Å²) in [6, 6.07) is 6.61. The van der Waals surface area contributed by atoms with Crippen molar-refractivity contribution in [3.63, 3.8) is 0 Å². The molecule has 0 saturated heterocycles. The van der Waals surface area contributed by atoms with E-state index in [2.05, 4.69) is 6.58 Å². The molecule has 82 valence electrons. The highest BCUT2D eigenvalue weighted by molar-refractivity contribution is 5.85. The first-order valence-corrected chi connectivity index (χ1v) is 5.06. The van der Waals surface area contributed by atoms with Crippen LogP contribution in [0.5, 0.6) is 5.75 Å². The minimum Gasteiger partial charge on any atom is -0.508 e. The fourth-order valence-corrected chi connectivity index (χ4v) is 1.86. The fraction of sp³-hybridized carbons (Fsp3) is 0.154. The van der Waals surface area contributed by atoms with Crippen molar-refractivity contribution in [3.05, 3.63) is 52.8 Å². The van der Waals surface area contributed by atoms with Crippen molar-refractivity contribution in [1.82, 2.24) is 4.57 Å². The first kappa shape index (κ1) is 10.5. The van der Waals surface area contributed by atoms with E-state index in [0.717, 1.165) is 16.5 Å². The molecule has 0 aliphatic heterocycles. The van der Waals surface area contributed by atoms with Gasteiger partial charge in [0.05, 0.1) is 5.52 Å². The maximum absolute atomic E-state index is 11.5. The number of aryl methyl sites for hydroxylation is 1. The van der Waals surface area contributed by atoms with E-state index in [1.807, 2.05) is 0 Å². The lowest BCUT2D eigenvalue weighted by Gasteiger charge is -2.09. The first-order valence-electron chi connectivity index (χ1n) is 5.06. The summed E-state index contributed by atoms with van der Waals surface area (Å²) in [4.78, 5) is 11.5. The fourth-order valence-electron chi connectivity index (χ4n) is 1.86. The average Bonchev–Trinajstić information content (AvgIpc) is 2.27. The number of aromatic hydroxyl groups is 1. The maximum Gasteiger partial charge on any atom is 0.250 e. The van der Waals surface area contributed by atoms with Crippen molar-refractivity contribution >= 4 is 10.9 Å². The molecular weight excluding hydrogens is 202 g/mol. The van der Waals surface area contributed by atoms with Crippen LogP contribution in [0.1, 0.15) is 5.56 Å². The van der Waals surface area contributed by atoms with Crippen LogP contribution in [0.15, 0.2) is 41.7 Å². The molecule has 0 atom stereocenters. The number of phenols is 1. The summed E-state index contributed by atoms with van der Waals surface area (Å²) < 4.78 is 1.57. The van der Waals surface area contributed by atoms with Gasteiger partial charge in [0.15, 0.2) is 0 Å². The smallest absolute Gasteiger partial charge is 0.250 e. The number of allylic oxidation sites excluding steroid dienone is 1. The maximum atomic E-state index is 11.5. The number of phenolic OH excluding ortho intramolecular Hbond substituents is 1.